The Balaban J connectivity index is 1.96. The predicted octanol–water partition coefficient (Wildman–Crippen LogP) is 3.37. The molecule has 0 radical (unpaired) electrons. The van der Waals surface area contributed by atoms with E-state index in [1.54, 1.807) is 29.1 Å². The number of benzene rings is 1. The van der Waals surface area contributed by atoms with Gasteiger partial charge in [0.2, 0.25) is 0 Å². The van der Waals surface area contributed by atoms with Crippen molar-refractivity contribution in [2.75, 3.05) is 12.4 Å². The number of anilines is 2. The Kier molecular flexibility index (Phi) is 4.67. The van der Waals surface area contributed by atoms with Gasteiger partial charge in [-0.05, 0) is 31.2 Å². The van der Waals surface area contributed by atoms with Crippen molar-refractivity contribution in [1.29, 1.82) is 0 Å². The number of rotatable bonds is 4. The molecular formula is C17H16ClN5O2. The monoisotopic (exact) mass is 357 g/mol. The standard InChI is InChI=1S/C17H16ClN5O2/c1-10-15(23(2)22-21-10)12-8-14(16(18)19-9-12)20-13-6-4-5-11(7-13)17(24)25-3/h4-9,20H,1-3H3. The highest BCUT2D eigenvalue weighted by atomic mass is 35.5. The fourth-order valence-electron chi connectivity index (χ4n) is 2.52. The maximum Gasteiger partial charge on any atom is 0.337 e. The van der Waals surface area contributed by atoms with Gasteiger partial charge in [0.25, 0.3) is 0 Å². The lowest BCUT2D eigenvalue weighted by atomic mass is 10.1. The molecular weight excluding hydrogens is 342 g/mol. The van der Waals surface area contributed by atoms with E-state index in [1.165, 1.54) is 7.11 Å². The molecule has 3 rings (SSSR count). The molecule has 128 valence electrons. The molecule has 1 N–H and O–H groups in total. The molecule has 25 heavy (non-hydrogen) atoms. The molecule has 8 heteroatoms. The van der Waals surface area contributed by atoms with Crippen LogP contribution in [0.15, 0.2) is 36.5 Å². The van der Waals surface area contributed by atoms with E-state index in [9.17, 15) is 4.79 Å². The number of esters is 1. The molecule has 0 unspecified atom stereocenters. The van der Waals surface area contributed by atoms with Crippen LogP contribution in [0.25, 0.3) is 11.3 Å². The number of methoxy groups -OCH3 is 1. The number of carbonyl (C=O) groups excluding carboxylic acids is 1. The third-order valence-corrected chi connectivity index (χ3v) is 3.97. The lowest BCUT2D eigenvalue weighted by Gasteiger charge is -2.11. The molecule has 0 bridgehead atoms. The molecule has 3 aromatic rings. The summed E-state index contributed by atoms with van der Waals surface area (Å²) in [5, 5.41) is 11.6. The first-order chi connectivity index (χ1) is 12.0. The van der Waals surface area contributed by atoms with Gasteiger partial charge < -0.3 is 10.1 Å². The third-order valence-electron chi connectivity index (χ3n) is 3.67. The zero-order valence-electron chi connectivity index (χ0n) is 13.9. The average molecular weight is 358 g/mol. The zero-order valence-corrected chi connectivity index (χ0v) is 14.7. The molecule has 0 atom stereocenters. The average Bonchev–Trinajstić information content (AvgIpc) is 2.95. The number of pyridine rings is 1. The zero-order chi connectivity index (χ0) is 18.0. The van der Waals surface area contributed by atoms with Crippen molar-refractivity contribution in [3.05, 3.63) is 52.9 Å². The minimum Gasteiger partial charge on any atom is -0.465 e. The van der Waals surface area contributed by atoms with E-state index in [4.69, 9.17) is 16.3 Å². The molecule has 2 aromatic heterocycles. The van der Waals surface area contributed by atoms with Crippen LogP contribution < -0.4 is 5.32 Å². The van der Waals surface area contributed by atoms with Crippen molar-refractivity contribution in [2.45, 2.75) is 6.92 Å². The SMILES string of the molecule is COC(=O)c1cccc(Nc2cc(-c3c(C)nnn3C)cnc2Cl)c1. The summed E-state index contributed by atoms with van der Waals surface area (Å²) < 4.78 is 6.42. The minimum absolute atomic E-state index is 0.319. The van der Waals surface area contributed by atoms with E-state index in [-0.39, 0.29) is 0 Å². The summed E-state index contributed by atoms with van der Waals surface area (Å²) in [4.78, 5) is 15.9. The van der Waals surface area contributed by atoms with Gasteiger partial charge in [-0.3, -0.25) is 0 Å². The van der Waals surface area contributed by atoms with Crippen molar-refractivity contribution in [1.82, 2.24) is 20.0 Å². The molecule has 1 aromatic carbocycles. The van der Waals surface area contributed by atoms with Crippen molar-refractivity contribution < 1.29 is 9.53 Å². The van der Waals surface area contributed by atoms with E-state index >= 15 is 0 Å². The molecule has 0 aliphatic heterocycles. The number of aromatic nitrogens is 4. The van der Waals surface area contributed by atoms with Crippen molar-refractivity contribution >= 4 is 28.9 Å². The van der Waals surface area contributed by atoms with Gasteiger partial charge in [0, 0.05) is 24.5 Å². The number of nitrogens with one attached hydrogen (secondary N) is 1. The van der Waals surface area contributed by atoms with Gasteiger partial charge >= 0.3 is 5.97 Å². The number of hydrogen-bond donors (Lipinski definition) is 1. The van der Waals surface area contributed by atoms with Crippen molar-refractivity contribution in [3.8, 4) is 11.3 Å². The van der Waals surface area contributed by atoms with Crippen LogP contribution in [-0.2, 0) is 11.8 Å². The van der Waals surface area contributed by atoms with E-state index in [0.717, 1.165) is 17.0 Å². The Bertz CT molecular complexity index is 919. The molecule has 0 saturated heterocycles. The Morgan fingerprint density at radius 1 is 1.32 bits per heavy atom. The summed E-state index contributed by atoms with van der Waals surface area (Å²) >= 11 is 6.21. The molecule has 0 saturated carbocycles. The van der Waals surface area contributed by atoms with Gasteiger partial charge in [-0.1, -0.05) is 22.9 Å². The largest absolute Gasteiger partial charge is 0.465 e. The smallest absolute Gasteiger partial charge is 0.337 e. The Morgan fingerprint density at radius 3 is 2.80 bits per heavy atom. The summed E-state index contributed by atoms with van der Waals surface area (Å²) in [6.45, 7) is 1.88. The number of hydrogen-bond acceptors (Lipinski definition) is 6. The first kappa shape index (κ1) is 16.9. The molecule has 7 nitrogen and oxygen atoms in total. The Labute approximate surface area is 149 Å². The lowest BCUT2D eigenvalue weighted by Crippen LogP contribution is -2.02. The number of aryl methyl sites for hydroxylation is 2. The van der Waals surface area contributed by atoms with E-state index < -0.39 is 5.97 Å². The second kappa shape index (κ2) is 6.90. The molecule has 0 aliphatic rings. The maximum absolute atomic E-state index is 11.7. The number of halogens is 1. The number of nitrogens with zero attached hydrogens (tertiary/aromatic N) is 4. The van der Waals surface area contributed by atoms with E-state index in [0.29, 0.717) is 22.1 Å². The molecule has 0 aliphatic carbocycles. The van der Waals surface area contributed by atoms with Gasteiger partial charge in [-0.15, -0.1) is 5.10 Å². The fraction of sp³-hybridized carbons (Fsp3) is 0.176. The van der Waals surface area contributed by atoms with Crippen LogP contribution in [0.5, 0.6) is 0 Å². The van der Waals surface area contributed by atoms with Gasteiger partial charge in [-0.2, -0.15) is 0 Å². The van der Waals surface area contributed by atoms with Crippen LogP contribution in [0.2, 0.25) is 5.15 Å². The van der Waals surface area contributed by atoms with Gasteiger partial charge in [0.1, 0.15) is 0 Å². The highest BCUT2D eigenvalue weighted by Gasteiger charge is 2.13. The predicted molar refractivity (Wildman–Crippen MR) is 95.0 cm³/mol. The number of carbonyl (C=O) groups is 1. The van der Waals surface area contributed by atoms with Crippen LogP contribution >= 0.6 is 11.6 Å². The van der Waals surface area contributed by atoms with Crippen molar-refractivity contribution in [3.63, 3.8) is 0 Å². The summed E-state index contributed by atoms with van der Waals surface area (Å²) in [5.41, 5.74) is 4.24. The van der Waals surface area contributed by atoms with E-state index in [2.05, 4.69) is 20.6 Å². The van der Waals surface area contributed by atoms with Gasteiger partial charge in [0.15, 0.2) is 5.15 Å². The topological polar surface area (TPSA) is 81.9 Å². The molecule has 0 fully saturated rings. The molecule has 2 heterocycles. The molecule has 0 amide bonds. The summed E-state index contributed by atoms with van der Waals surface area (Å²) in [6, 6.07) is 8.82. The summed E-state index contributed by atoms with van der Waals surface area (Å²) in [6.07, 6.45) is 1.67. The normalized spacial score (nSPS) is 10.6. The summed E-state index contributed by atoms with van der Waals surface area (Å²) in [7, 11) is 3.16. The van der Waals surface area contributed by atoms with Gasteiger partial charge in [0.05, 0.1) is 29.7 Å². The van der Waals surface area contributed by atoms with Gasteiger partial charge in [-0.25, -0.2) is 14.5 Å². The number of ether oxygens (including phenoxy) is 1. The fourth-order valence-corrected chi connectivity index (χ4v) is 2.67. The maximum atomic E-state index is 11.7. The lowest BCUT2D eigenvalue weighted by molar-refractivity contribution is 0.0601. The second-order valence-corrected chi connectivity index (χ2v) is 5.76. The summed E-state index contributed by atoms with van der Waals surface area (Å²) in [5.74, 6) is -0.404. The van der Waals surface area contributed by atoms with E-state index in [1.807, 2.05) is 26.1 Å². The first-order valence-corrected chi connectivity index (χ1v) is 7.85. The molecule has 0 spiro atoms. The van der Waals surface area contributed by atoms with Crippen LogP contribution in [0, 0.1) is 6.92 Å². The van der Waals surface area contributed by atoms with Crippen LogP contribution in [-0.4, -0.2) is 33.1 Å². The second-order valence-electron chi connectivity index (χ2n) is 5.41. The highest BCUT2D eigenvalue weighted by Crippen LogP contribution is 2.30. The highest BCUT2D eigenvalue weighted by molar-refractivity contribution is 6.32. The Morgan fingerprint density at radius 2 is 2.12 bits per heavy atom. The van der Waals surface area contributed by atoms with Crippen LogP contribution in [0.4, 0.5) is 11.4 Å². The first-order valence-electron chi connectivity index (χ1n) is 7.47. The van der Waals surface area contributed by atoms with Crippen LogP contribution in [0.1, 0.15) is 16.1 Å². The third kappa shape index (κ3) is 3.46. The minimum atomic E-state index is -0.404. The Hall–Kier alpha value is -2.93. The quantitative estimate of drug-likeness (QED) is 0.569. The van der Waals surface area contributed by atoms with Crippen LogP contribution in [0.3, 0.4) is 0 Å². The van der Waals surface area contributed by atoms with Crippen molar-refractivity contribution in [2.24, 2.45) is 7.05 Å².